The molecule has 0 atom stereocenters. The highest BCUT2D eigenvalue weighted by molar-refractivity contribution is 6.67. The Balaban J connectivity index is 0.000000198. The molecule has 0 spiro atoms. The van der Waals surface area contributed by atoms with Gasteiger partial charge in [0.25, 0.3) is 11.1 Å². The number of hydrogen-bond acceptors (Lipinski definition) is 3. The molecule has 0 unspecified atom stereocenters. The molecule has 0 bridgehead atoms. The van der Waals surface area contributed by atoms with Gasteiger partial charge in [-0.3, -0.25) is 9.59 Å². The first-order valence-corrected chi connectivity index (χ1v) is 7.99. The summed E-state index contributed by atoms with van der Waals surface area (Å²) in [6, 6.07) is 18.1. The first-order valence-electron chi connectivity index (χ1n) is 7.61. The number of amides is 1. The molecule has 0 aromatic heterocycles. The maximum absolute atomic E-state index is 12.1. The molecule has 0 aliphatic carbocycles. The number of hydrogen-bond donors (Lipinski definition) is 1. The van der Waals surface area contributed by atoms with Crippen molar-refractivity contribution in [3.8, 4) is 0 Å². The molecule has 1 heterocycles. The van der Waals surface area contributed by atoms with Gasteiger partial charge in [-0.25, -0.2) is 0 Å². The van der Waals surface area contributed by atoms with Gasteiger partial charge in [0.2, 0.25) is 0 Å². The molecule has 3 rings (SSSR count). The Hall–Kier alpha value is -2.59. The Morgan fingerprint density at radius 2 is 1.50 bits per heavy atom. The van der Waals surface area contributed by atoms with Crippen molar-refractivity contribution in [3.63, 3.8) is 0 Å². The molecule has 1 amide bonds. The van der Waals surface area contributed by atoms with Gasteiger partial charge >= 0.3 is 0 Å². The molecule has 24 heavy (non-hydrogen) atoms. The van der Waals surface area contributed by atoms with Gasteiger partial charge < -0.3 is 10.2 Å². The fraction of sp³-hybridized carbons (Fsp3) is 0.158. The standard InChI is InChI=1S/C12H14N2O.C7H5ClO/c1-10-9-13-7-8-14(10)12(15)11-5-3-2-4-6-11;8-7(9)6-4-2-1-3-5-6/h2-6,9,13H,7-8H2,1H3;1-5H. The number of halogens is 1. The lowest BCUT2D eigenvalue weighted by Gasteiger charge is -2.27. The number of rotatable bonds is 2. The largest absolute Gasteiger partial charge is 0.388 e. The van der Waals surface area contributed by atoms with E-state index in [0.29, 0.717) is 5.56 Å². The van der Waals surface area contributed by atoms with Crippen LogP contribution in [0.3, 0.4) is 0 Å². The van der Waals surface area contributed by atoms with E-state index < -0.39 is 5.24 Å². The first-order chi connectivity index (χ1) is 11.6. The van der Waals surface area contributed by atoms with Gasteiger partial charge in [0.15, 0.2) is 0 Å². The molecule has 5 heteroatoms. The summed E-state index contributed by atoms with van der Waals surface area (Å²) in [5.74, 6) is 0.0749. The van der Waals surface area contributed by atoms with Crippen molar-refractivity contribution in [2.75, 3.05) is 13.1 Å². The van der Waals surface area contributed by atoms with Crippen molar-refractivity contribution in [2.24, 2.45) is 0 Å². The van der Waals surface area contributed by atoms with Crippen LogP contribution in [-0.2, 0) is 0 Å². The minimum Gasteiger partial charge on any atom is -0.388 e. The van der Waals surface area contributed by atoms with Crippen molar-refractivity contribution >= 4 is 22.8 Å². The Labute approximate surface area is 146 Å². The summed E-state index contributed by atoms with van der Waals surface area (Å²) < 4.78 is 0. The molecule has 4 nitrogen and oxygen atoms in total. The molecule has 0 saturated heterocycles. The Kier molecular flexibility index (Phi) is 6.58. The van der Waals surface area contributed by atoms with Crippen LogP contribution < -0.4 is 5.32 Å². The molecule has 2 aromatic rings. The summed E-state index contributed by atoms with van der Waals surface area (Å²) in [6.45, 7) is 3.49. The third kappa shape index (κ3) is 4.96. The van der Waals surface area contributed by atoms with Gasteiger partial charge in [-0.15, -0.1) is 0 Å². The zero-order valence-corrected chi connectivity index (χ0v) is 14.2. The predicted molar refractivity (Wildman–Crippen MR) is 95.9 cm³/mol. The lowest BCUT2D eigenvalue weighted by atomic mass is 10.2. The lowest BCUT2D eigenvalue weighted by molar-refractivity contribution is 0.0800. The highest BCUT2D eigenvalue weighted by Gasteiger charge is 2.18. The van der Waals surface area contributed by atoms with Crippen LogP contribution in [0.15, 0.2) is 72.6 Å². The summed E-state index contributed by atoms with van der Waals surface area (Å²) >= 11 is 5.16. The SMILES string of the molecule is CC1=CNCCN1C(=O)c1ccccc1.O=C(Cl)c1ccccc1. The second-order valence-electron chi connectivity index (χ2n) is 5.20. The fourth-order valence-electron chi connectivity index (χ4n) is 2.22. The van der Waals surface area contributed by atoms with Crippen LogP contribution in [0, 0.1) is 0 Å². The van der Waals surface area contributed by atoms with Crippen molar-refractivity contribution in [2.45, 2.75) is 6.92 Å². The van der Waals surface area contributed by atoms with Crippen LogP contribution in [0.25, 0.3) is 0 Å². The fourth-order valence-corrected chi connectivity index (χ4v) is 2.34. The third-order valence-corrected chi connectivity index (χ3v) is 3.70. The maximum atomic E-state index is 12.1. The van der Waals surface area contributed by atoms with Crippen LogP contribution in [-0.4, -0.2) is 29.1 Å². The second-order valence-corrected chi connectivity index (χ2v) is 5.55. The summed E-state index contributed by atoms with van der Waals surface area (Å²) in [7, 11) is 0. The monoisotopic (exact) mass is 342 g/mol. The zero-order chi connectivity index (χ0) is 17.4. The van der Waals surface area contributed by atoms with Crippen LogP contribution in [0.2, 0.25) is 0 Å². The van der Waals surface area contributed by atoms with Crippen molar-refractivity contribution < 1.29 is 9.59 Å². The minimum absolute atomic E-state index is 0.0749. The van der Waals surface area contributed by atoms with Crippen molar-refractivity contribution in [1.29, 1.82) is 0 Å². The average Bonchev–Trinajstić information content (AvgIpc) is 2.63. The quantitative estimate of drug-likeness (QED) is 0.847. The van der Waals surface area contributed by atoms with E-state index in [2.05, 4.69) is 5.32 Å². The van der Waals surface area contributed by atoms with Gasteiger partial charge in [-0.05, 0) is 30.7 Å². The van der Waals surface area contributed by atoms with Gasteiger partial charge in [-0.2, -0.15) is 0 Å². The molecule has 0 radical (unpaired) electrons. The molecular weight excluding hydrogens is 324 g/mol. The van der Waals surface area contributed by atoms with E-state index in [-0.39, 0.29) is 5.91 Å². The highest BCUT2D eigenvalue weighted by atomic mass is 35.5. The van der Waals surface area contributed by atoms with Crippen molar-refractivity contribution in [1.82, 2.24) is 10.2 Å². The van der Waals surface area contributed by atoms with E-state index in [1.165, 1.54) is 0 Å². The van der Waals surface area contributed by atoms with E-state index in [1.54, 1.807) is 29.2 Å². The number of allylic oxidation sites excluding steroid dienone is 1. The molecule has 124 valence electrons. The van der Waals surface area contributed by atoms with Crippen LogP contribution >= 0.6 is 11.6 Å². The Morgan fingerprint density at radius 1 is 0.958 bits per heavy atom. The van der Waals surface area contributed by atoms with Gasteiger partial charge in [0.05, 0.1) is 0 Å². The Bertz CT molecular complexity index is 715. The molecule has 1 aliphatic heterocycles. The van der Waals surface area contributed by atoms with E-state index in [9.17, 15) is 9.59 Å². The summed E-state index contributed by atoms with van der Waals surface area (Å²) in [6.07, 6.45) is 1.88. The Morgan fingerprint density at radius 3 is 1.96 bits per heavy atom. The number of carbonyl (C=O) groups excluding carboxylic acids is 2. The summed E-state index contributed by atoms with van der Waals surface area (Å²) in [4.78, 5) is 24.3. The predicted octanol–water partition coefficient (Wildman–Crippen LogP) is 3.66. The molecule has 2 aromatic carbocycles. The minimum atomic E-state index is -0.407. The normalized spacial score (nSPS) is 13.1. The lowest BCUT2D eigenvalue weighted by Crippen LogP contribution is -2.38. The van der Waals surface area contributed by atoms with Crippen LogP contribution in [0.1, 0.15) is 27.6 Å². The van der Waals surface area contributed by atoms with Crippen LogP contribution in [0.4, 0.5) is 0 Å². The van der Waals surface area contributed by atoms with E-state index in [1.807, 2.05) is 49.5 Å². The zero-order valence-electron chi connectivity index (χ0n) is 13.4. The topological polar surface area (TPSA) is 49.4 Å². The number of carbonyl (C=O) groups is 2. The number of nitrogens with one attached hydrogen (secondary N) is 1. The molecular formula is C19H19ClN2O2. The van der Waals surface area contributed by atoms with E-state index >= 15 is 0 Å². The first kappa shape index (κ1) is 17.8. The third-order valence-electron chi connectivity index (χ3n) is 3.48. The summed E-state index contributed by atoms with van der Waals surface area (Å²) in [5.41, 5.74) is 2.25. The van der Waals surface area contributed by atoms with Gasteiger partial charge in [0, 0.05) is 36.1 Å². The second kappa shape index (κ2) is 8.89. The molecule has 0 fully saturated rings. The van der Waals surface area contributed by atoms with Gasteiger partial charge in [0.1, 0.15) is 0 Å². The molecule has 1 N–H and O–H groups in total. The molecule has 1 aliphatic rings. The van der Waals surface area contributed by atoms with Gasteiger partial charge in [-0.1, -0.05) is 48.5 Å². The highest BCUT2D eigenvalue weighted by Crippen LogP contribution is 2.11. The smallest absolute Gasteiger partial charge is 0.258 e. The van der Waals surface area contributed by atoms with Crippen molar-refractivity contribution in [3.05, 3.63) is 83.7 Å². The van der Waals surface area contributed by atoms with Crippen LogP contribution in [0.5, 0.6) is 0 Å². The summed E-state index contributed by atoms with van der Waals surface area (Å²) in [5, 5.41) is 2.71. The number of nitrogens with zero attached hydrogens (tertiary/aromatic N) is 1. The van der Waals surface area contributed by atoms with E-state index in [4.69, 9.17) is 11.6 Å². The number of benzene rings is 2. The average molecular weight is 343 g/mol. The van der Waals surface area contributed by atoms with E-state index in [0.717, 1.165) is 24.4 Å². The molecule has 0 saturated carbocycles. The maximum Gasteiger partial charge on any atom is 0.258 e.